The lowest BCUT2D eigenvalue weighted by molar-refractivity contribution is 0.474. The first-order valence-corrected chi connectivity index (χ1v) is 7.19. The Morgan fingerprint density at radius 1 is 1.29 bits per heavy atom. The van der Waals surface area contributed by atoms with Gasteiger partial charge in [0.05, 0.1) is 0 Å². The lowest BCUT2D eigenvalue weighted by atomic mass is 10.0. The fourth-order valence-corrected chi connectivity index (χ4v) is 2.92. The quantitative estimate of drug-likeness (QED) is 0.801. The molecule has 0 heterocycles. The first kappa shape index (κ1) is 13.0. The highest BCUT2D eigenvalue weighted by Gasteiger charge is 2.13. The van der Waals surface area contributed by atoms with Crippen molar-refractivity contribution in [2.75, 3.05) is 6.54 Å². The molecule has 0 radical (unpaired) electrons. The van der Waals surface area contributed by atoms with Gasteiger partial charge in [-0.2, -0.15) is 0 Å². The van der Waals surface area contributed by atoms with Gasteiger partial charge in [0, 0.05) is 16.6 Å². The number of halogens is 2. The van der Waals surface area contributed by atoms with Gasteiger partial charge in [-0.25, -0.2) is 4.39 Å². The minimum absolute atomic E-state index is 0.124. The van der Waals surface area contributed by atoms with Crippen LogP contribution in [0.4, 0.5) is 4.39 Å². The van der Waals surface area contributed by atoms with E-state index in [0.29, 0.717) is 6.54 Å². The summed E-state index contributed by atoms with van der Waals surface area (Å²) in [6.45, 7) is 1.62. The third-order valence-corrected chi connectivity index (χ3v) is 4.02. The Bertz CT molecular complexity index is 361. The van der Waals surface area contributed by atoms with Crippen molar-refractivity contribution in [1.29, 1.82) is 0 Å². The van der Waals surface area contributed by atoms with Gasteiger partial charge in [-0.1, -0.05) is 41.6 Å². The van der Waals surface area contributed by atoms with Gasteiger partial charge in [-0.3, -0.25) is 0 Å². The van der Waals surface area contributed by atoms with Crippen molar-refractivity contribution >= 4 is 15.9 Å². The molecule has 1 fully saturated rings. The maximum absolute atomic E-state index is 13.4. The largest absolute Gasteiger partial charge is 0.313 e. The van der Waals surface area contributed by atoms with Crippen LogP contribution in [0.15, 0.2) is 22.7 Å². The smallest absolute Gasteiger partial charge is 0.127 e. The molecule has 0 atom stereocenters. The molecule has 1 aromatic rings. The van der Waals surface area contributed by atoms with Crippen LogP contribution in [0.2, 0.25) is 0 Å². The summed E-state index contributed by atoms with van der Waals surface area (Å²) in [6.07, 6.45) is 6.78. The van der Waals surface area contributed by atoms with Crippen LogP contribution in [0.1, 0.15) is 37.7 Å². The average molecular weight is 300 g/mol. The van der Waals surface area contributed by atoms with Crippen LogP contribution in [0.25, 0.3) is 0 Å². The highest BCUT2D eigenvalue weighted by atomic mass is 79.9. The molecule has 17 heavy (non-hydrogen) atoms. The standard InChI is InChI=1S/C14H19BrFN/c15-13-5-6-14(16)12(9-13)10-17-8-7-11-3-1-2-4-11/h5-6,9,11,17H,1-4,7-8,10H2. The van der Waals surface area contributed by atoms with Crippen LogP contribution >= 0.6 is 15.9 Å². The summed E-state index contributed by atoms with van der Waals surface area (Å²) in [7, 11) is 0. The molecule has 1 nitrogen and oxygen atoms in total. The number of nitrogens with one attached hydrogen (secondary N) is 1. The maximum atomic E-state index is 13.4. The molecule has 94 valence electrons. The van der Waals surface area contributed by atoms with Crippen LogP contribution in [0, 0.1) is 11.7 Å². The van der Waals surface area contributed by atoms with Gasteiger partial charge < -0.3 is 5.32 Å². The van der Waals surface area contributed by atoms with Crippen LogP contribution in [-0.2, 0) is 6.54 Å². The number of hydrogen-bond acceptors (Lipinski definition) is 1. The Hall–Kier alpha value is -0.410. The van der Waals surface area contributed by atoms with Crippen molar-refractivity contribution < 1.29 is 4.39 Å². The van der Waals surface area contributed by atoms with E-state index < -0.39 is 0 Å². The molecule has 0 aromatic heterocycles. The van der Waals surface area contributed by atoms with Gasteiger partial charge in [-0.05, 0) is 37.1 Å². The molecule has 3 heteroatoms. The molecule has 1 aliphatic carbocycles. The third-order valence-electron chi connectivity index (χ3n) is 3.53. The molecule has 0 spiro atoms. The summed E-state index contributed by atoms with van der Waals surface area (Å²) < 4.78 is 14.4. The molecule has 1 saturated carbocycles. The topological polar surface area (TPSA) is 12.0 Å². The second-order valence-corrected chi connectivity index (χ2v) is 5.77. The molecule has 0 aliphatic heterocycles. The second kappa shape index (κ2) is 6.50. The molecule has 1 aromatic carbocycles. The van der Waals surface area contributed by atoms with Crippen molar-refractivity contribution in [3.8, 4) is 0 Å². The molecule has 0 unspecified atom stereocenters. The Morgan fingerprint density at radius 2 is 2.06 bits per heavy atom. The maximum Gasteiger partial charge on any atom is 0.127 e. The van der Waals surface area contributed by atoms with Gasteiger partial charge in [0.1, 0.15) is 5.82 Å². The molecule has 0 saturated heterocycles. The molecule has 1 aliphatic rings. The summed E-state index contributed by atoms with van der Waals surface area (Å²) in [4.78, 5) is 0. The zero-order chi connectivity index (χ0) is 12.1. The Kier molecular flexibility index (Phi) is 4.99. The van der Waals surface area contributed by atoms with Gasteiger partial charge in [0.25, 0.3) is 0 Å². The predicted octanol–water partition coefficient (Wildman–Crippen LogP) is 4.26. The molecular weight excluding hydrogens is 281 g/mol. The highest BCUT2D eigenvalue weighted by Crippen LogP contribution is 2.26. The Labute approximate surface area is 111 Å². The second-order valence-electron chi connectivity index (χ2n) is 4.85. The average Bonchev–Trinajstić information content (AvgIpc) is 2.82. The summed E-state index contributed by atoms with van der Waals surface area (Å²) in [5.74, 6) is 0.774. The van der Waals surface area contributed by atoms with Crippen molar-refractivity contribution in [3.63, 3.8) is 0 Å². The number of rotatable bonds is 5. The minimum Gasteiger partial charge on any atom is -0.313 e. The lowest BCUT2D eigenvalue weighted by Crippen LogP contribution is -2.17. The molecule has 1 N–H and O–H groups in total. The number of hydrogen-bond donors (Lipinski definition) is 1. The normalized spacial score (nSPS) is 16.6. The zero-order valence-corrected chi connectivity index (χ0v) is 11.6. The van der Waals surface area contributed by atoms with Gasteiger partial charge in [0.15, 0.2) is 0 Å². The SMILES string of the molecule is Fc1ccc(Br)cc1CNCCC1CCCC1. The van der Waals surface area contributed by atoms with E-state index in [9.17, 15) is 4.39 Å². The van der Waals surface area contributed by atoms with E-state index in [4.69, 9.17) is 0 Å². The fourth-order valence-electron chi connectivity index (χ4n) is 2.51. The lowest BCUT2D eigenvalue weighted by Gasteiger charge is -2.10. The Morgan fingerprint density at radius 3 is 2.82 bits per heavy atom. The minimum atomic E-state index is -0.124. The number of benzene rings is 1. The predicted molar refractivity (Wildman–Crippen MR) is 72.4 cm³/mol. The van der Waals surface area contributed by atoms with E-state index in [-0.39, 0.29) is 5.82 Å². The summed E-state index contributed by atoms with van der Waals surface area (Å²) in [5, 5.41) is 3.34. The van der Waals surface area contributed by atoms with Crippen LogP contribution in [0.3, 0.4) is 0 Å². The molecule has 2 rings (SSSR count). The van der Waals surface area contributed by atoms with Gasteiger partial charge in [-0.15, -0.1) is 0 Å². The van der Waals surface area contributed by atoms with Crippen LogP contribution in [-0.4, -0.2) is 6.54 Å². The van der Waals surface area contributed by atoms with Crippen molar-refractivity contribution in [2.45, 2.75) is 38.6 Å². The van der Waals surface area contributed by atoms with Crippen molar-refractivity contribution in [2.24, 2.45) is 5.92 Å². The monoisotopic (exact) mass is 299 g/mol. The van der Waals surface area contributed by atoms with E-state index in [1.54, 1.807) is 6.07 Å². The van der Waals surface area contributed by atoms with E-state index in [1.807, 2.05) is 6.07 Å². The summed E-state index contributed by atoms with van der Waals surface area (Å²) >= 11 is 3.36. The molecule has 0 bridgehead atoms. The first-order chi connectivity index (χ1) is 8.25. The highest BCUT2D eigenvalue weighted by molar-refractivity contribution is 9.10. The first-order valence-electron chi connectivity index (χ1n) is 6.40. The summed E-state index contributed by atoms with van der Waals surface area (Å²) in [5.41, 5.74) is 0.741. The van der Waals surface area contributed by atoms with Crippen molar-refractivity contribution in [3.05, 3.63) is 34.1 Å². The summed E-state index contributed by atoms with van der Waals surface area (Å²) in [6, 6.07) is 5.09. The molecular formula is C14H19BrFN. The fraction of sp³-hybridized carbons (Fsp3) is 0.571. The van der Waals surface area contributed by atoms with Crippen LogP contribution < -0.4 is 5.32 Å². The van der Waals surface area contributed by atoms with Crippen LogP contribution in [0.5, 0.6) is 0 Å². The van der Waals surface area contributed by atoms with E-state index in [2.05, 4.69) is 21.2 Å². The van der Waals surface area contributed by atoms with E-state index >= 15 is 0 Å². The van der Waals surface area contributed by atoms with Gasteiger partial charge >= 0.3 is 0 Å². The van der Waals surface area contributed by atoms with E-state index in [1.165, 1.54) is 38.2 Å². The van der Waals surface area contributed by atoms with E-state index in [0.717, 1.165) is 22.5 Å². The van der Waals surface area contributed by atoms with Gasteiger partial charge in [0.2, 0.25) is 0 Å². The molecule has 0 amide bonds. The third kappa shape index (κ3) is 4.07. The zero-order valence-electron chi connectivity index (χ0n) is 10.0. The Balaban J connectivity index is 1.72. The van der Waals surface area contributed by atoms with Crippen molar-refractivity contribution in [1.82, 2.24) is 5.32 Å².